The largest absolute Gasteiger partial charge is 0.504 e. The lowest BCUT2D eigenvalue weighted by Gasteiger charge is -2.08. The van der Waals surface area contributed by atoms with Gasteiger partial charge in [0.1, 0.15) is 5.82 Å². The molecule has 0 atom stereocenters. The third-order valence-corrected chi connectivity index (χ3v) is 3.36. The maximum atomic E-state index is 10.2. The van der Waals surface area contributed by atoms with Gasteiger partial charge in [-0.2, -0.15) is 0 Å². The quantitative estimate of drug-likeness (QED) is 0.757. The Balaban J connectivity index is 2.23. The minimum absolute atomic E-state index is 0.0738. The number of halogens is 1. The second-order valence-electron chi connectivity index (χ2n) is 4.11. The highest BCUT2D eigenvalue weighted by atomic mass is 79.9. The van der Waals surface area contributed by atoms with Crippen molar-refractivity contribution in [3.05, 3.63) is 40.9 Å². The predicted octanol–water partition coefficient (Wildman–Crippen LogP) is 3.71. The molecule has 0 bridgehead atoms. The van der Waals surface area contributed by atoms with Crippen LogP contribution in [-0.4, -0.2) is 22.2 Å². The van der Waals surface area contributed by atoms with Crippen LogP contribution in [0.25, 0.3) is 22.4 Å². The Bertz CT molecular complexity index is 719. The van der Waals surface area contributed by atoms with Gasteiger partial charge in [0.15, 0.2) is 11.5 Å². The number of aromatic amines is 1. The van der Waals surface area contributed by atoms with Gasteiger partial charge < -0.3 is 14.8 Å². The molecule has 0 unspecified atom stereocenters. The van der Waals surface area contributed by atoms with Crippen LogP contribution >= 0.6 is 15.9 Å². The monoisotopic (exact) mass is 318 g/mol. The van der Waals surface area contributed by atoms with Crippen LogP contribution in [-0.2, 0) is 0 Å². The van der Waals surface area contributed by atoms with Crippen molar-refractivity contribution in [2.24, 2.45) is 0 Å². The molecule has 0 aliphatic carbocycles. The molecule has 0 saturated heterocycles. The summed E-state index contributed by atoms with van der Waals surface area (Å²) >= 11 is 3.40. The zero-order valence-electron chi connectivity index (χ0n) is 10.1. The topological polar surface area (TPSA) is 58.1 Å². The molecule has 5 heteroatoms. The first kappa shape index (κ1) is 12.0. The SMILES string of the molecule is COc1cc(Br)cc(-c2nc3ccccc3[nH]2)c1O. The Morgan fingerprint density at radius 2 is 2.05 bits per heavy atom. The highest BCUT2D eigenvalue weighted by Crippen LogP contribution is 2.39. The van der Waals surface area contributed by atoms with Gasteiger partial charge in [-0.25, -0.2) is 4.98 Å². The van der Waals surface area contributed by atoms with E-state index in [1.165, 1.54) is 7.11 Å². The fourth-order valence-electron chi connectivity index (χ4n) is 1.99. The molecule has 1 heterocycles. The minimum atomic E-state index is 0.0738. The summed E-state index contributed by atoms with van der Waals surface area (Å²) in [5, 5.41) is 10.2. The number of ether oxygens (including phenoxy) is 1. The molecule has 0 saturated carbocycles. The van der Waals surface area contributed by atoms with Gasteiger partial charge in [-0.1, -0.05) is 28.1 Å². The molecule has 2 aromatic carbocycles. The number of benzene rings is 2. The molecule has 96 valence electrons. The van der Waals surface area contributed by atoms with E-state index in [1.54, 1.807) is 12.1 Å². The minimum Gasteiger partial charge on any atom is -0.504 e. The van der Waals surface area contributed by atoms with Gasteiger partial charge in [-0.05, 0) is 24.3 Å². The maximum Gasteiger partial charge on any atom is 0.168 e. The molecule has 0 aliphatic rings. The predicted molar refractivity (Wildman–Crippen MR) is 77.4 cm³/mol. The highest BCUT2D eigenvalue weighted by Gasteiger charge is 2.14. The average molecular weight is 319 g/mol. The van der Waals surface area contributed by atoms with Crippen LogP contribution in [0.15, 0.2) is 40.9 Å². The van der Waals surface area contributed by atoms with Gasteiger partial charge in [0.05, 0.1) is 23.7 Å². The van der Waals surface area contributed by atoms with Gasteiger partial charge in [0.2, 0.25) is 0 Å². The first-order chi connectivity index (χ1) is 9.19. The molecule has 2 N–H and O–H groups in total. The van der Waals surface area contributed by atoms with Crippen LogP contribution in [0.3, 0.4) is 0 Å². The molecule has 0 fully saturated rings. The lowest BCUT2D eigenvalue weighted by Crippen LogP contribution is -1.88. The smallest absolute Gasteiger partial charge is 0.168 e. The number of fused-ring (bicyclic) bond motifs is 1. The highest BCUT2D eigenvalue weighted by molar-refractivity contribution is 9.10. The van der Waals surface area contributed by atoms with Crippen LogP contribution in [0, 0.1) is 0 Å². The van der Waals surface area contributed by atoms with Crippen LogP contribution in [0.1, 0.15) is 0 Å². The van der Waals surface area contributed by atoms with Crippen molar-refractivity contribution in [2.75, 3.05) is 7.11 Å². The molecule has 0 spiro atoms. The van der Waals surface area contributed by atoms with E-state index >= 15 is 0 Å². The molecule has 3 aromatic rings. The fourth-order valence-corrected chi connectivity index (χ4v) is 2.43. The molecule has 0 amide bonds. The van der Waals surface area contributed by atoms with Crippen molar-refractivity contribution in [1.82, 2.24) is 9.97 Å². The Morgan fingerprint density at radius 3 is 2.79 bits per heavy atom. The fraction of sp³-hybridized carbons (Fsp3) is 0.0714. The molecular weight excluding hydrogens is 308 g/mol. The average Bonchev–Trinajstić information content (AvgIpc) is 2.84. The van der Waals surface area contributed by atoms with Crippen LogP contribution in [0.5, 0.6) is 11.5 Å². The van der Waals surface area contributed by atoms with E-state index in [4.69, 9.17) is 4.74 Å². The third-order valence-electron chi connectivity index (χ3n) is 2.90. The van der Waals surface area contributed by atoms with Crippen molar-refractivity contribution in [3.8, 4) is 22.9 Å². The van der Waals surface area contributed by atoms with E-state index in [1.807, 2.05) is 24.3 Å². The summed E-state index contributed by atoms with van der Waals surface area (Å²) in [6.45, 7) is 0. The summed E-state index contributed by atoms with van der Waals surface area (Å²) in [4.78, 5) is 7.65. The van der Waals surface area contributed by atoms with Gasteiger partial charge in [0, 0.05) is 4.47 Å². The number of imidazole rings is 1. The number of hydrogen-bond donors (Lipinski definition) is 2. The third kappa shape index (κ3) is 2.06. The summed E-state index contributed by atoms with van der Waals surface area (Å²) in [5.74, 6) is 1.09. The molecule has 19 heavy (non-hydrogen) atoms. The number of methoxy groups -OCH3 is 1. The number of nitrogens with zero attached hydrogens (tertiary/aromatic N) is 1. The second kappa shape index (κ2) is 4.59. The van der Waals surface area contributed by atoms with Crippen LogP contribution in [0.2, 0.25) is 0 Å². The summed E-state index contributed by atoms with van der Waals surface area (Å²) in [5.41, 5.74) is 2.38. The van der Waals surface area contributed by atoms with Crippen molar-refractivity contribution < 1.29 is 9.84 Å². The van der Waals surface area contributed by atoms with Crippen molar-refractivity contribution in [3.63, 3.8) is 0 Å². The number of phenols is 1. The van der Waals surface area contributed by atoms with E-state index < -0.39 is 0 Å². The first-order valence-corrected chi connectivity index (χ1v) is 6.50. The van der Waals surface area contributed by atoms with Gasteiger partial charge in [-0.3, -0.25) is 0 Å². The first-order valence-electron chi connectivity index (χ1n) is 5.70. The van der Waals surface area contributed by atoms with E-state index in [0.29, 0.717) is 17.1 Å². The summed E-state index contributed by atoms with van der Waals surface area (Å²) in [7, 11) is 1.52. The van der Waals surface area contributed by atoms with Gasteiger partial charge in [0.25, 0.3) is 0 Å². The van der Waals surface area contributed by atoms with E-state index in [0.717, 1.165) is 15.5 Å². The van der Waals surface area contributed by atoms with Crippen LogP contribution in [0.4, 0.5) is 0 Å². The summed E-state index contributed by atoms with van der Waals surface area (Å²) in [6.07, 6.45) is 0. The number of hydrogen-bond acceptors (Lipinski definition) is 3. The van der Waals surface area contributed by atoms with Crippen molar-refractivity contribution in [2.45, 2.75) is 0 Å². The number of para-hydroxylation sites is 2. The number of rotatable bonds is 2. The molecule has 3 rings (SSSR count). The van der Waals surface area contributed by atoms with Gasteiger partial charge >= 0.3 is 0 Å². The summed E-state index contributed by atoms with van der Waals surface area (Å²) in [6, 6.07) is 11.2. The molecular formula is C14H11BrN2O2. The Labute approximate surface area is 118 Å². The lowest BCUT2D eigenvalue weighted by molar-refractivity contribution is 0.374. The van der Waals surface area contributed by atoms with E-state index in [2.05, 4.69) is 25.9 Å². The van der Waals surface area contributed by atoms with E-state index in [-0.39, 0.29) is 5.75 Å². The Hall–Kier alpha value is -2.01. The standard InChI is InChI=1S/C14H11BrN2O2/c1-19-12-7-8(15)6-9(13(12)18)14-16-10-4-2-3-5-11(10)17-14/h2-7,18H,1H3,(H,16,17). The van der Waals surface area contributed by atoms with Gasteiger partial charge in [-0.15, -0.1) is 0 Å². The molecule has 0 aliphatic heterocycles. The van der Waals surface area contributed by atoms with E-state index in [9.17, 15) is 5.11 Å². The molecule has 0 radical (unpaired) electrons. The zero-order chi connectivity index (χ0) is 13.4. The van der Waals surface area contributed by atoms with Crippen molar-refractivity contribution in [1.29, 1.82) is 0 Å². The molecule has 4 nitrogen and oxygen atoms in total. The number of H-pyrrole nitrogens is 1. The molecule has 1 aromatic heterocycles. The van der Waals surface area contributed by atoms with Crippen LogP contribution < -0.4 is 4.74 Å². The summed E-state index contributed by atoms with van der Waals surface area (Å²) < 4.78 is 5.96. The Morgan fingerprint density at radius 1 is 1.26 bits per heavy atom. The number of nitrogens with one attached hydrogen (secondary N) is 1. The van der Waals surface area contributed by atoms with Crippen molar-refractivity contribution >= 4 is 27.0 Å². The zero-order valence-corrected chi connectivity index (χ0v) is 11.7. The lowest BCUT2D eigenvalue weighted by atomic mass is 10.2. The second-order valence-corrected chi connectivity index (χ2v) is 5.02. The number of aromatic nitrogens is 2. The maximum absolute atomic E-state index is 10.2. The number of aromatic hydroxyl groups is 1. The normalized spacial score (nSPS) is 10.8. The Kier molecular flexibility index (Phi) is 2.91. The number of phenolic OH excluding ortho intramolecular Hbond substituents is 1.